The maximum absolute atomic E-state index is 12.8. The van der Waals surface area contributed by atoms with Gasteiger partial charge in [-0.05, 0) is 65.8 Å². The molecule has 10 nitrogen and oxygen atoms in total. The van der Waals surface area contributed by atoms with Gasteiger partial charge in [-0.15, -0.1) is 0 Å². The zero-order valence-corrected chi connectivity index (χ0v) is 19.3. The van der Waals surface area contributed by atoms with Crippen molar-refractivity contribution < 1.29 is 28.5 Å². The zero-order valence-electron chi connectivity index (χ0n) is 19.3. The van der Waals surface area contributed by atoms with Gasteiger partial charge in [0.1, 0.15) is 5.60 Å². The predicted octanol–water partition coefficient (Wildman–Crippen LogP) is 3.83. The lowest BCUT2D eigenvalue weighted by Gasteiger charge is -2.33. The summed E-state index contributed by atoms with van der Waals surface area (Å²) in [7, 11) is 0. The number of likely N-dealkylation sites (tertiary alicyclic amines) is 1. The number of ether oxygens (including phenoxy) is 4. The molecule has 31 heavy (non-hydrogen) atoms. The van der Waals surface area contributed by atoms with Crippen molar-refractivity contribution in [2.75, 3.05) is 26.4 Å². The van der Waals surface area contributed by atoms with Crippen molar-refractivity contribution in [2.45, 2.75) is 90.2 Å². The fraction of sp³-hybridized carbons (Fsp3) is 0.905. The molecule has 0 N–H and O–H groups in total. The van der Waals surface area contributed by atoms with Gasteiger partial charge < -0.3 is 18.9 Å². The highest BCUT2D eigenvalue weighted by Crippen LogP contribution is 2.30. The van der Waals surface area contributed by atoms with Crippen molar-refractivity contribution in [3.05, 3.63) is 10.4 Å². The lowest BCUT2D eigenvalue weighted by Crippen LogP contribution is -2.46. The molecule has 0 spiro atoms. The number of nitrogens with zero attached hydrogens (tertiary/aromatic N) is 4. The molecule has 0 aromatic heterocycles. The predicted molar refractivity (Wildman–Crippen MR) is 113 cm³/mol. The highest BCUT2D eigenvalue weighted by Gasteiger charge is 2.46. The van der Waals surface area contributed by atoms with Gasteiger partial charge in [0.2, 0.25) is 0 Å². The summed E-state index contributed by atoms with van der Waals surface area (Å²) in [6, 6.07) is -0.932. The first-order valence-electron chi connectivity index (χ1n) is 11.1. The molecule has 1 saturated carbocycles. The van der Waals surface area contributed by atoms with Gasteiger partial charge in [-0.1, -0.05) is 5.11 Å². The Kier molecular flexibility index (Phi) is 9.40. The summed E-state index contributed by atoms with van der Waals surface area (Å²) in [6.45, 7) is 10.4. The van der Waals surface area contributed by atoms with Crippen LogP contribution in [0.3, 0.4) is 0 Å². The number of rotatable bonds is 8. The Balaban J connectivity index is 2.03. The van der Waals surface area contributed by atoms with Crippen LogP contribution < -0.4 is 0 Å². The fourth-order valence-corrected chi connectivity index (χ4v) is 4.13. The first-order chi connectivity index (χ1) is 14.7. The van der Waals surface area contributed by atoms with E-state index in [1.165, 1.54) is 0 Å². The van der Waals surface area contributed by atoms with E-state index in [9.17, 15) is 9.59 Å². The zero-order chi connectivity index (χ0) is 23.0. The Hall–Kier alpha value is -2.03. The van der Waals surface area contributed by atoms with Crippen LogP contribution in [0.5, 0.6) is 0 Å². The molecule has 2 aliphatic rings. The Morgan fingerprint density at radius 3 is 2.32 bits per heavy atom. The van der Waals surface area contributed by atoms with E-state index in [1.807, 2.05) is 13.8 Å². The summed E-state index contributed by atoms with van der Waals surface area (Å²) in [6.07, 6.45) is 1.99. The van der Waals surface area contributed by atoms with Crippen molar-refractivity contribution in [3.8, 4) is 0 Å². The van der Waals surface area contributed by atoms with Gasteiger partial charge in [-0.2, -0.15) is 0 Å². The van der Waals surface area contributed by atoms with E-state index < -0.39 is 29.9 Å². The summed E-state index contributed by atoms with van der Waals surface area (Å²) in [4.78, 5) is 29.2. The van der Waals surface area contributed by atoms with Gasteiger partial charge in [-0.3, -0.25) is 9.69 Å². The van der Waals surface area contributed by atoms with E-state index in [0.717, 1.165) is 25.7 Å². The molecule has 2 fully saturated rings. The van der Waals surface area contributed by atoms with Crippen LogP contribution in [0, 0.1) is 5.92 Å². The minimum atomic E-state index is -0.647. The van der Waals surface area contributed by atoms with E-state index in [4.69, 9.17) is 24.5 Å². The lowest BCUT2D eigenvalue weighted by atomic mass is 9.87. The van der Waals surface area contributed by atoms with Crippen molar-refractivity contribution in [1.29, 1.82) is 0 Å². The molecular formula is C21H36N4O6. The molecule has 1 heterocycles. The van der Waals surface area contributed by atoms with Crippen molar-refractivity contribution in [3.63, 3.8) is 0 Å². The summed E-state index contributed by atoms with van der Waals surface area (Å²) in [5, 5.41) is 3.84. The summed E-state index contributed by atoms with van der Waals surface area (Å²) < 4.78 is 22.7. The Bertz CT molecular complexity index is 653. The van der Waals surface area contributed by atoms with Gasteiger partial charge in [0, 0.05) is 18.1 Å². The number of carbonyl (C=O) groups is 2. The number of hydrogen-bond donors (Lipinski definition) is 0. The van der Waals surface area contributed by atoms with Crippen molar-refractivity contribution >= 4 is 12.1 Å². The Labute approximate surface area is 184 Å². The highest BCUT2D eigenvalue weighted by molar-refractivity contribution is 5.72. The molecule has 1 aliphatic carbocycles. The maximum atomic E-state index is 12.8. The number of amides is 1. The number of azide groups is 1. The first-order valence-corrected chi connectivity index (χ1v) is 11.1. The van der Waals surface area contributed by atoms with E-state index in [-0.39, 0.29) is 31.1 Å². The monoisotopic (exact) mass is 440 g/mol. The molecule has 1 saturated heterocycles. The molecule has 0 aromatic carbocycles. The van der Waals surface area contributed by atoms with Crippen LogP contribution >= 0.6 is 0 Å². The second-order valence-electron chi connectivity index (χ2n) is 8.95. The third-order valence-electron chi connectivity index (χ3n) is 5.53. The summed E-state index contributed by atoms with van der Waals surface area (Å²) >= 11 is 0. The molecule has 1 aliphatic heterocycles. The molecule has 0 radical (unpaired) electrons. The van der Waals surface area contributed by atoms with Gasteiger partial charge in [-0.25, -0.2) is 4.79 Å². The SMILES string of the molecule is CCOC(=O)C1CCC(OC[C@@H]2[C@@H](OCC)[C@H](N=[N+]=[N-])CN2C(=O)OC(C)(C)C)CC1. The normalized spacial score (nSPS) is 28.7. The second kappa shape index (κ2) is 11.5. The van der Waals surface area contributed by atoms with Gasteiger partial charge >= 0.3 is 12.1 Å². The second-order valence-corrected chi connectivity index (χ2v) is 8.95. The largest absolute Gasteiger partial charge is 0.466 e. The van der Waals surface area contributed by atoms with Crippen LogP contribution in [-0.4, -0.2) is 73.2 Å². The maximum Gasteiger partial charge on any atom is 0.410 e. The molecular weight excluding hydrogens is 404 g/mol. The number of esters is 1. The lowest BCUT2D eigenvalue weighted by molar-refractivity contribution is -0.150. The molecule has 0 aromatic rings. The molecule has 1 amide bonds. The van der Waals surface area contributed by atoms with E-state index in [0.29, 0.717) is 13.2 Å². The summed E-state index contributed by atoms with van der Waals surface area (Å²) in [5.74, 6) is -0.212. The molecule has 2 rings (SSSR count). The Morgan fingerprint density at radius 1 is 1.10 bits per heavy atom. The van der Waals surface area contributed by atoms with Crippen molar-refractivity contribution in [1.82, 2.24) is 4.90 Å². The van der Waals surface area contributed by atoms with Crippen LogP contribution in [0.15, 0.2) is 5.11 Å². The standard InChI is InChI=1S/C21H36N4O6/c1-6-28-18-16(23-24-22)12-25(20(27)31-21(3,4)5)17(18)13-30-15-10-8-14(9-11-15)19(26)29-7-2/h14-18H,6-13H2,1-5H3/t14?,15?,16-,17-,18+/m1/s1. The minimum absolute atomic E-state index is 0.00745. The number of carbonyl (C=O) groups excluding carboxylic acids is 2. The molecule has 176 valence electrons. The highest BCUT2D eigenvalue weighted by atomic mass is 16.6. The fourth-order valence-electron chi connectivity index (χ4n) is 4.13. The van der Waals surface area contributed by atoms with Crippen LogP contribution in [0.1, 0.15) is 60.3 Å². The van der Waals surface area contributed by atoms with E-state index in [1.54, 1.807) is 25.7 Å². The van der Waals surface area contributed by atoms with Gasteiger partial charge in [0.05, 0.1) is 43.4 Å². The van der Waals surface area contributed by atoms with Crippen LogP contribution in [0.4, 0.5) is 4.79 Å². The van der Waals surface area contributed by atoms with Gasteiger partial charge in [0.15, 0.2) is 0 Å². The topological polar surface area (TPSA) is 123 Å². The quantitative estimate of drug-likeness (QED) is 0.245. The van der Waals surface area contributed by atoms with E-state index in [2.05, 4.69) is 10.0 Å². The molecule has 0 bridgehead atoms. The van der Waals surface area contributed by atoms with Crippen molar-refractivity contribution in [2.24, 2.45) is 11.0 Å². The summed E-state index contributed by atoms with van der Waals surface area (Å²) in [5.41, 5.74) is 8.30. The average molecular weight is 441 g/mol. The molecule has 10 heteroatoms. The minimum Gasteiger partial charge on any atom is -0.466 e. The van der Waals surface area contributed by atoms with Crippen LogP contribution in [0.2, 0.25) is 0 Å². The number of hydrogen-bond acceptors (Lipinski definition) is 7. The molecule has 0 unspecified atom stereocenters. The first kappa shape index (κ1) is 25.2. The average Bonchev–Trinajstić information content (AvgIpc) is 3.04. The van der Waals surface area contributed by atoms with Gasteiger partial charge in [0.25, 0.3) is 0 Å². The third-order valence-corrected chi connectivity index (χ3v) is 5.53. The smallest absolute Gasteiger partial charge is 0.410 e. The molecule has 3 atom stereocenters. The van der Waals surface area contributed by atoms with Crippen LogP contribution in [0.25, 0.3) is 10.4 Å². The Morgan fingerprint density at radius 2 is 1.77 bits per heavy atom. The van der Waals surface area contributed by atoms with Crippen LogP contribution in [-0.2, 0) is 23.7 Å². The van der Waals surface area contributed by atoms with E-state index >= 15 is 0 Å². The third kappa shape index (κ3) is 7.26.